The van der Waals surface area contributed by atoms with Crippen LogP contribution in [0.5, 0.6) is 5.75 Å². The number of aryl methyl sites for hydroxylation is 1. The number of carbonyl (C=O) groups is 1. The van der Waals surface area contributed by atoms with E-state index in [1.165, 1.54) is 26.2 Å². The first-order chi connectivity index (χ1) is 13.8. The zero-order valence-corrected chi connectivity index (χ0v) is 17.3. The first-order valence-corrected chi connectivity index (χ1v) is 10.4. The second-order valence-corrected chi connectivity index (χ2v) is 8.74. The van der Waals surface area contributed by atoms with Gasteiger partial charge in [0.2, 0.25) is 15.9 Å². The van der Waals surface area contributed by atoms with Crippen molar-refractivity contribution in [2.45, 2.75) is 24.4 Å². The normalized spacial score (nSPS) is 11.7. The van der Waals surface area contributed by atoms with Crippen molar-refractivity contribution in [3.8, 4) is 5.75 Å². The maximum Gasteiger partial charge on any atom is 0.242 e. The van der Waals surface area contributed by atoms with Gasteiger partial charge in [-0.3, -0.25) is 4.79 Å². The Balaban J connectivity index is 1.64. The van der Waals surface area contributed by atoms with Gasteiger partial charge in [0.1, 0.15) is 11.3 Å². The van der Waals surface area contributed by atoms with Gasteiger partial charge >= 0.3 is 0 Å². The molecule has 0 aliphatic rings. The SMILES string of the molecule is COc1ccccc1CNC(=O)CCn1nnc2cc(S(=O)(=O)N(C)C)ccc21. The molecule has 0 bridgehead atoms. The highest BCUT2D eigenvalue weighted by Crippen LogP contribution is 2.20. The molecule has 29 heavy (non-hydrogen) atoms. The molecule has 1 amide bonds. The number of methoxy groups -OCH3 is 1. The average molecular weight is 417 g/mol. The standard InChI is InChI=1S/C19H23N5O4S/c1-23(2)29(26,27)15-8-9-17-16(12-15)21-22-24(17)11-10-19(25)20-13-14-6-4-5-7-18(14)28-3/h4-9,12H,10-11,13H2,1-3H3,(H,20,25). The first kappa shape index (κ1) is 20.7. The highest BCUT2D eigenvalue weighted by molar-refractivity contribution is 7.89. The fourth-order valence-corrected chi connectivity index (χ4v) is 3.75. The number of ether oxygens (including phenoxy) is 1. The number of fused-ring (bicyclic) bond motifs is 1. The molecule has 0 saturated heterocycles. The summed E-state index contributed by atoms with van der Waals surface area (Å²) in [5.41, 5.74) is 2.02. The quantitative estimate of drug-likeness (QED) is 0.594. The van der Waals surface area contributed by atoms with Gasteiger partial charge in [0.25, 0.3) is 0 Å². The fraction of sp³-hybridized carbons (Fsp3) is 0.316. The molecule has 2 aromatic carbocycles. The molecule has 10 heteroatoms. The number of hydrogen-bond acceptors (Lipinski definition) is 6. The lowest BCUT2D eigenvalue weighted by Crippen LogP contribution is -2.24. The maximum atomic E-state index is 12.2. The molecule has 0 aliphatic carbocycles. The van der Waals surface area contributed by atoms with E-state index in [1.807, 2.05) is 24.3 Å². The van der Waals surface area contributed by atoms with Crippen molar-refractivity contribution in [2.24, 2.45) is 0 Å². The molecule has 0 spiro atoms. The number of amides is 1. The molecule has 9 nitrogen and oxygen atoms in total. The zero-order valence-electron chi connectivity index (χ0n) is 16.5. The van der Waals surface area contributed by atoms with Crippen molar-refractivity contribution in [3.05, 3.63) is 48.0 Å². The molecular weight excluding hydrogens is 394 g/mol. The van der Waals surface area contributed by atoms with Crippen molar-refractivity contribution < 1.29 is 17.9 Å². The second-order valence-electron chi connectivity index (χ2n) is 6.59. The van der Waals surface area contributed by atoms with Crippen molar-refractivity contribution in [1.29, 1.82) is 0 Å². The Kier molecular flexibility index (Phi) is 6.14. The van der Waals surface area contributed by atoms with Gasteiger partial charge in [-0.15, -0.1) is 5.10 Å². The summed E-state index contributed by atoms with van der Waals surface area (Å²) in [6.07, 6.45) is 0.214. The van der Waals surface area contributed by atoms with Crippen molar-refractivity contribution in [1.82, 2.24) is 24.6 Å². The molecule has 154 valence electrons. The number of benzene rings is 2. The molecule has 1 aromatic heterocycles. The van der Waals surface area contributed by atoms with Crippen molar-refractivity contribution in [3.63, 3.8) is 0 Å². The molecule has 1 N–H and O–H groups in total. The van der Waals surface area contributed by atoms with Crippen LogP contribution in [0.4, 0.5) is 0 Å². The summed E-state index contributed by atoms with van der Waals surface area (Å²) in [5.74, 6) is 0.588. The van der Waals surface area contributed by atoms with Crippen LogP contribution in [-0.2, 0) is 27.9 Å². The summed E-state index contributed by atoms with van der Waals surface area (Å²) >= 11 is 0. The molecule has 0 fully saturated rings. The van der Waals surface area contributed by atoms with Gasteiger partial charge in [-0.2, -0.15) is 0 Å². The highest BCUT2D eigenvalue weighted by atomic mass is 32.2. The van der Waals surface area contributed by atoms with Crippen LogP contribution in [-0.4, -0.2) is 54.8 Å². The summed E-state index contributed by atoms with van der Waals surface area (Å²) in [4.78, 5) is 12.4. The van der Waals surface area contributed by atoms with Crippen LogP contribution in [0.25, 0.3) is 11.0 Å². The predicted molar refractivity (Wildman–Crippen MR) is 108 cm³/mol. The van der Waals surface area contributed by atoms with E-state index in [2.05, 4.69) is 15.6 Å². The molecule has 3 aromatic rings. The Bertz CT molecular complexity index is 1120. The minimum atomic E-state index is -3.54. The second kappa shape index (κ2) is 8.58. The summed E-state index contributed by atoms with van der Waals surface area (Å²) in [6.45, 7) is 0.695. The Morgan fingerprint density at radius 1 is 1.21 bits per heavy atom. The Morgan fingerprint density at radius 3 is 2.69 bits per heavy atom. The molecule has 1 heterocycles. The van der Waals surface area contributed by atoms with Gasteiger partial charge in [-0.25, -0.2) is 17.4 Å². The van der Waals surface area contributed by atoms with Crippen molar-refractivity contribution >= 4 is 27.0 Å². The summed E-state index contributed by atoms with van der Waals surface area (Å²) in [6, 6.07) is 12.1. The summed E-state index contributed by atoms with van der Waals surface area (Å²) < 4.78 is 32.5. The molecule has 0 aliphatic heterocycles. The maximum absolute atomic E-state index is 12.2. The van der Waals surface area contributed by atoms with Gasteiger partial charge < -0.3 is 10.1 Å². The molecule has 0 radical (unpaired) electrons. The monoisotopic (exact) mass is 417 g/mol. The number of sulfonamides is 1. The van der Waals surface area contributed by atoms with Crippen molar-refractivity contribution in [2.75, 3.05) is 21.2 Å². The number of hydrogen-bond donors (Lipinski definition) is 1. The minimum Gasteiger partial charge on any atom is -0.496 e. The van der Waals surface area contributed by atoms with Crippen LogP contribution in [0, 0.1) is 0 Å². The summed E-state index contributed by atoms with van der Waals surface area (Å²) in [5, 5.41) is 10.9. The third-order valence-electron chi connectivity index (χ3n) is 4.48. The van der Waals surface area contributed by atoms with Crippen LogP contribution in [0.1, 0.15) is 12.0 Å². The Hall–Kier alpha value is -2.98. The van der Waals surface area contributed by atoms with Gasteiger partial charge in [0.05, 0.1) is 24.1 Å². The van der Waals surface area contributed by atoms with E-state index < -0.39 is 10.0 Å². The minimum absolute atomic E-state index is 0.133. The number of carbonyl (C=O) groups excluding carboxylic acids is 1. The van der Waals surface area contributed by atoms with Crippen LogP contribution in [0.2, 0.25) is 0 Å². The van der Waals surface area contributed by atoms with Crippen LogP contribution in [0.15, 0.2) is 47.4 Å². The number of nitrogens with zero attached hydrogens (tertiary/aromatic N) is 4. The number of para-hydroxylation sites is 1. The van der Waals surface area contributed by atoms with Crippen LogP contribution in [0.3, 0.4) is 0 Å². The van der Waals surface area contributed by atoms with E-state index in [0.717, 1.165) is 15.6 Å². The molecule has 3 rings (SSSR count). The third kappa shape index (κ3) is 4.54. The van der Waals surface area contributed by atoms with E-state index in [-0.39, 0.29) is 17.2 Å². The van der Waals surface area contributed by atoms with Gasteiger partial charge in [-0.05, 0) is 24.3 Å². The van der Waals surface area contributed by atoms with E-state index in [9.17, 15) is 13.2 Å². The zero-order chi connectivity index (χ0) is 21.0. The van der Waals surface area contributed by atoms with Gasteiger partial charge in [0.15, 0.2) is 0 Å². The van der Waals surface area contributed by atoms with E-state index in [0.29, 0.717) is 24.1 Å². The predicted octanol–water partition coefficient (Wildman–Crippen LogP) is 1.40. The highest BCUT2D eigenvalue weighted by Gasteiger charge is 2.19. The molecule has 0 atom stereocenters. The fourth-order valence-electron chi connectivity index (χ4n) is 2.83. The number of aromatic nitrogens is 3. The van der Waals surface area contributed by atoms with E-state index >= 15 is 0 Å². The topological polar surface area (TPSA) is 106 Å². The van der Waals surface area contributed by atoms with Gasteiger partial charge in [0, 0.05) is 32.6 Å². The average Bonchev–Trinajstić information content (AvgIpc) is 3.13. The largest absolute Gasteiger partial charge is 0.496 e. The lowest BCUT2D eigenvalue weighted by atomic mass is 10.2. The lowest BCUT2D eigenvalue weighted by molar-refractivity contribution is -0.121. The molecule has 0 unspecified atom stereocenters. The smallest absolute Gasteiger partial charge is 0.242 e. The Morgan fingerprint density at radius 2 is 1.97 bits per heavy atom. The molecular formula is C19H23N5O4S. The van der Waals surface area contributed by atoms with Gasteiger partial charge in [-0.1, -0.05) is 23.4 Å². The van der Waals surface area contributed by atoms with E-state index in [1.54, 1.807) is 17.9 Å². The van der Waals surface area contributed by atoms with Crippen LogP contribution < -0.4 is 10.1 Å². The Labute approximate surface area is 169 Å². The third-order valence-corrected chi connectivity index (χ3v) is 6.29. The van der Waals surface area contributed by atoms with Crippen LogP contribution >= 0.6 is 0 Å². The molecule has 0 saturated carbocycles. The first-order valence-electron chi connectivity index (χ1n) is 8.97. The lowest BCUT2D eigenvalue weighted by Gasteiger charge is -2.11. The number of nitrogens with one attached hydrogen (secondary N) is 1. The number of rotatable bonds is 8. The van der Waals surface area contributed by atoms with E-state index in [4.69, 9.17) is 4.74 Å². The summed E-state index contributed by atoms with van der Waals surface area (Å²) in [7, 11) is 0.991.